The monoisotopic (exact) mass is 405 g/mol. The summed E-state index contributed by atoms with van der Waals surface area (Å²) in [5.74, 6) is -0.187. The Morgan fingerprint density at radius 3 is 2.96 bits per heavy atom. The number of hydrogen-bond donors (Lipinski definition) is 2. The first kappa shape index (κ1) is 19.2. The molecule has 2 heterocycles. The molecule has 2 fully saturated rings. The largest absolute Gasteiger partial charge is 0.348 e. The Kier molecular flexibility index (Phi) is 5.07. The molecule has 3 atom stereocenters. The van der Waals surface area contributed by atoms with Gasteiger partial charge in [0.2, 0.25) is 5.91 Å². The normalized spacial score (nSPS) is 29.6. The van der Waals surface area contributed by atoms with Gasteiger partial charge in [-0.3, -0.25) is 14.5 Å². The second-order valence-corrected chi connectivity index (χ2v) is 9.02. The average Bonchev–Trinajstić information content (AvgIpc) is 2.90. The van der Waals surface area contributed by atoms with E-state index in [-0.39, 0.29) is 30.2 Å². The van der Waals surface area contributed by atoms with E-state index in [2.05, 4.69) is 10.6 Å². The molecular weight excluding hydrogens is 381 g/mol. The van der Waals surface area contributed by atoms with Crippen molar-refractivity contribution in [3.05, 3.63) is 29.6 Å². The van der Waals surface area contributed by atoms with Gasteiger partial charge >= 0.3 is 6.03 Å². The van der Waals surface area contributed by atoms with Crippen LogP contribution in [0.25, 0.3) is 0 Å². The molecule has 4 amide bonds. The number of benzene rings is 1. The molecule has 150 valence electrons. The minimum Gasteiger partial charge on any atom is -0.348 e. The molecule has 0 bridgehead atoms. The van der Waals surface area contributed by atoms with Crippen LogP contribution in [-0.2, 0) is 9.59 Å². The first-order chi connectivity index (χ1) is 13.4. The lowest BCUT2D eigenvalue weighted by Gasteiger charge is -2.36. The molecule has 0 radical (unpaired) electrons. The van der Waals surface area contributed by atoms with Gasteiger partial charge in [-0.2, -0.15) is 0 Å². The molecule has 8 heteroatoms. The number of carbonyl (C=O) groups excluding carboxylic acids is 3. The fraction of sp³-hybridized carbons (Fsp3) is 0.550. The van der Waals surface area contributed by atoms with Crippen LogP contribution in [0.2, 0.25) is 0 Å². The molecule has 0 aromatic heterocycles. The molecule has 3 aliphatic rings. The van der Waals surface area contributed by atoms with E-state index in [1.165, 1.54) is 12.1 Å². The highest BCUT2D eigenvalue weighted by molar-refractivity contribution is 7.99. The van der Waals surface area contributed by atoms with E-state index in [9.17, 15) is 18.8 Å². The van der Waals surface area contributed by atoms with Gasteiger partial charge in [0.15, 0.2) is 0 Å². The van der Waals surface area contributed by atoms with Crippen molar-refractivity contribution in [3.8, 4) is 0 Å². The molecule has 1 aliphatic carbocycles. The summed E-state index contributed by atoms with van der Waals surface area (Å²) in [4.78, 5) is 40.0. The van der Waals surface area contributed by atoms with E-state index in [1.54, 1.807) is 17.8 Å². The maximum Gasteiger partial charge on any atom is 0.325 e. The number of nitrogens with zero attached hydrogens (tertiary/aromatic N) is 1. The summed E-state index contributed by atoms with van der Waals surface area (Å²) in [5, 5.41) is 5.74. The lowest BCUT2D eigenvalue weighted by molar-refractivity contribution is -0.137. The van der Waals surface area contributed by atoms with Crippen molar-refractivity contribution in [2.24, 2.45) is 5.92 Å². The van der Waals surface area contributed by atoms with Crippen LogP contribution < -0.4 is 10.6 Å². The number of nitrogens with one attached hydrogen (secondary N) is 2. The molecule has 4 rings (SSSR count). The van der Waals surface area contributed by atoms with Gasteiger partial charge in [-0.25, -0.2) is 9.18 Å². The Hall–Kier alpha value is -2.09. The maximum atomic E-state index is 13.6. The van der Waals surface area contributed by atoms with Crippen LogP contribution in [0.3, 0.4) is 0 Å². The minimum atomic E-state index is -0.868. The number of rotatable bonds is 3. The smallest absolute Gasteiger partial charge is 0.325 e. The quantitative estimate of drug-likeness (QED) is 0.758. The lowest BCUT2D eigenvalue weighted by Crippen LogP contribution is -2.54. The highest BCUT2D eigenvalue weighted by Crippen LogP contribution is 2.39. The molecule has 6 nitrogen and oxygen atoms in total. The first-order valence-corrected chi connectivity index (χ1v) is 10.7. The van der Waals surface area contributed by atoms with Crippen LogP contribution in [-0.4, -0.2) is 40.6 Å². The molecule has 28 heavy (non-hydrogen) atoms. The van der Waals surface area contributed by atoms with Gasteiger partial charge < -0.3 is 10.6 Å². The number of halogens is 1. The summed E-state index contributed by atoms with van der Waals surface area (Å²) in [7, 11) is 0. The van der Waals surface area contributed by atoms with E-state index in [1.807, 2.05) is 6.92 Å². The van der Waals surface area contributed by atoms with Gasteiger partial charge in [0.05, 0.1) is 6.04 Å². The van der Waals surface area contributed by atoms with Crippen molar-refractivity contribution < 1.29 is 18.8 Å². The van der Waals surface area contributed by atoms with E-state index < -0.39 is 17.5 Å². The molecule has 1 spiro atoms. The van der Waals surface area contributed by atoms with Crippen LogP contribution >= 0.6 is 11.8 Å². The Morgan fingerprint density at radius 1 is 1.36 bits per heavy atom. The van der Waals surface area contributed by atoms with E-state index in [0.717, 1.165) is 40.4 Å². The third-order valence-corrected chi connectivity index (χ3v) is 7.27. The Morgan fingerprint density at radius 2 is 2.18 bits per heavy atom. The van der Waals surface area contributed by atoms with Gasteiger partial charge in [0.1, 0.15) is 17.9 Å². The molecule has 2 aliphatic heterocycles. The summed E-state index contributed by atoms with van der Waals surface area (Å²) >= 11 is 1.63. The summed E-state index contributed by atoms with van der Waals surface area (Å²) in [6, 6.07) is 3.76. The van der Waals surface area contributed by atoms with Crippen LogP contribution in [0.1, 0.15) is 50.6 Å². The van der Waals surface area contributed by atoms with Crippen LogP contribution in [0.15, 0.2) is 23.1 Å². The summed E-state index contributed by atoms with van der Waals surface area (Å²) in [6.45, 7) is 1.67. The molecule has 1 saturated heterocycles. The third kappa shape index (κ3) is 3.27. The number of hydrogen-bond acceptors (Lipinski definition) is 4. The Balaban J connectivity index is 1.46. The van der Waals surface area contributed by atoms with Gasteiger partial charge in [0.25, 0.3) is 5.91 Å². The predicted molar refractivity (Wildman–Crippen MR) is 103 cm³/mol. The van der Waals surface area contributed by atoms with Gasteiger partial charge in [-0.1, -0.05) is 19.8 Å². The Labute approximate surface area is 167 Å². The fourth-order valence-corrected chi connectivity index (χ4v) is 5.64. The highest BCUT2D eigenvalue weighted by Gasteiger charge is 2.55. The van der Waals surface area contributed by atoms with E-state index in [4.69, 9.17) is 0 Å². The number of carbonyl (C=O) groups is 3. The van der Waals surface area contributed by atoms with Crippen LogP contribution in [0.5, 0.6) is 0 Å². The maximum absolute atomic E-state index is 13.6. The van der Waals surface area contributed by atoms with Crippen molar-refractivity contribution >= 4 is 29.6 Å². The van der Waals surface area contributed by atoms with E-state index >= 15 is 0 Å². The standard InChI is InChI=1S/C20H24FN3O3S/c1-12-4-2-3-8-20(12)18(26)24(19(27)23-20)11-17(25)22-15-7-9-28-16-6-5-13(21)10-14(15)16/h5-6,10,12,15H,2-4,7-9,11H2,1H3,(H,22,25)(H,23,27)/t12-,15-,20+/m1/s1. The summed E-state index contributed by atoms with van der Waals surface area (Å²) in [5.41, 5.74) is -0.119. The zero-order chi connectivity index (χ0) is 19.9. The highest BCUT2D eigenvalue weighted by atomic mass is 32.2. The number of amides is 4. The topological polar surface area (TPSA) is 78.5 Å². The van der Waals surface area contributed by atoms with Gasteiger partial charge in [-0.05, 0) is 48.9 Å². The molecule has 1 aromatic carbocycles. The minimum absolute atomic E-state index is 0.0518. The van der Waals surface area contributed by atoms with Gasteiger partial charge in [0, 0.05) is 10.6 Å². The summed E-state index contributed by atoms with van der Waals surface area (Å²) < 4.78 is 13.6. The Bertz CT molecular complexity index is 833. The van der Waals surface area contributed by atoms with Crippen molar-refractivity contribution in [3.63, 3.8) is 0 Å². The number of fused-ring (bicyclic) bond motifs is 1. The summed E-state index contributed by atoms with van der Waals surface area (Å²) in [6.07, 6.45) is 4.10. The number of urea groups is 1. The SMILES string of the molecule is C[C@@H]1CCCC[C@]12NC(=O)N(CC(=O)N[C@@H]1CCSc3ccc(F)cc31)C2=O. The van der Waals surface area contributed by atoms with E-state index in [0.29, 0.717) is 12.8 Å². The van der Waals surface area contributed by atoms with Crippen molar-refractivity contribution in [2.75, 3.05) is 12.3 Å². The van der Waals surface area contributed by atoms with Crippen molar-refractivity contribution in [2.45, 2.75) is 55.5 Å². The zero-order valence-corrected chi connectivity index (χ0v) is 16.6. The molecule has 1 saturated carbocycles. The fourth-order valence-electron chi connectivity index (χ4n) is 4.54. The van der Waals surface area contributed by atoms with Crippen molar-refractivity contribution in [1.29, 1.82) is 0 Å². The second kappa shape index (κ2) is 7.39. The second-order valence-electron chi connectivity index (χ2n) is 7.88. The first-order valence-electron chi connectivity index (χ1n) is 9.76. The number of imide groups is 1. The average molecular weight is 405 g/mol. The third-order valence-electron chi connectivity index (χ3n) is 6.15. The molecular formula is C20H24FN3O3S. The number of thioether (sulfide) groups is 1. The van der Waals surface area contributed by atoms with Gasteiger partial charge in [-0.15, -0.1) is 11.8 Å². The predicted octanol–water partition coefficient (Wildman–Crippen LogP) is 2.98. The van der Waals surface area contributed by atoms with Crippen LogP contribution in [0.4, 0.5) is 9.18 Å². The van der Waals surface area contributed by atoms with Crippen LogP contribution in [0, 0.1) is 11.7 Å². The molecule has 2 N–H and O–H groups in total. The molecule has 0 unspecified atom stereocenters. The van der Waals surface area contributed by atoms with Crippen molar-refractivity contribution in [1.82, 2.24) is 15.5 Å². The molecule has 1 aromatic rings. The zero-order valence-electron chi connectivity index (χ0n) is 15.8. The lowest BCUT2D eigenvalue weighted by atomic mass is 9.73.